The molecule has 3 nitrogen and oxygen atoms in total. The molecular weight excluding hydrogens is 200 g/mol. The number of anilines is 1. The number of rotatable bonds is 3. The van der Waals surface area contributed by atoms with Gasteiger partial charge in [-0.3, -0.25) is 0 Å². The van der Waals surface area contributed by atoms with Gasteiger partial charge in [-0.25, -0.2) is 0 Å². The summed E-state index contributed by atoms with van der Waals surface area (Å²) in [6.07, 6.45) is 0.994. The smallest absolute Gasteiger partial charge is 0.0671 e. The van der Waals surface area contributed by atoms with E-state index in [2.05, 4.69) is 36.1 Å². The van der Waals surface area contributed by atoms with Crippen molar-refractivity contribution in [2.24, 2.45) is 5.73 Å². The lowest BCUT2D eigenvalue weighted by molar-refractivity contribution is 0.0922. The highest BCUT2D eigenvalue weighted by Gasteiger charge is 2.22. The van der Waals surface area contributed by atoms with Gasteiger partial charge in [-0.15, -0.1) is 0 Å². The molecular formula is C13H20N2O. The zero-order valence-corrected chi connectivity index (χ0v) is 9.86. The minimum absolute atomic E-state index is 0.431. The van der Waals surface area contributed by atoms with E-state index in [1.54, 1.807) is 0 Å². The lowest BCUT2D eigenvalue weighted by Crippen LogP contribution is -2.46. The van der Waals surface area contributed by atoms with Gasteiger partial charge in [0.15, 0.2) is 0 Å². The molecule has 16 heavy (non-hydrogen) atoms. The van der Waals surface area contributed by atoms with Crippen LogP contribution in [-0.2, 0) is 4.74 Å². The van der Waals surface area contributed by atoms with Crippen molar-refractivity contribution < 1.29 is 4.74 Å². The van der Waals surface area contributed by atoms with Gasteiger partial charge in [0.25, 0.3) is 0 Å². The molecule has 1 aliphatic heterocycles. The molecule has 0 aromatic heterocycles. The summed E-state index contributed by atoms with van der Waals surface area (Å²) in [5.41, 5.74) is 8.24. The third-order valence-electron chi connectivity index (χ3n) is 3.06. The molecule has 1 aromatic carbocycles. The number of nitrogens with two attached hydrogens (primary N) is 1. The van der Waals surface area contributed by atoms with Gasteiger partial charge < -0.3 is 15.4 Å². The van der Waals surface area contributed by atoms with Gasteiger partial charge >= 0.3 is 0 Å². The molecule has 2 rings (SSSR count). The van der Waals surface area contributed by atoms with Crippen LogP contribution in [0.3, 0.4) is 0 Å². The van der Waals surface area contributed by atoms with E-state index in [0.717, 1.165) is 32.7 Å². The first-order chi connectivity index (χ1) is 7.81. The summed E-state index contributed by atoms with van der Waals surface area (Å²) < 4.78 is 5.52. The van der Waals surface area contributed by atoms with Crippen LogP contribution in [0.25, 0.3) is 0 Å². The minimum atomic E-state index is 0.431. The monoisotopic (exact) mass is 220 g/mol. The van der Waals surface area contributed by atoms with Crippen LogP contribution < -0.4 is 10.6 Å². The topological polar surface area (TPSA) is 38.5 Å². The SMILES string of the molecule is Cc1cccc(N2CCOCC2CCN)c1. The predicted octanol–water partition coefficient (Wildman–Crippen LogP) is 1.55. The lowest BCUT2D eigenvalue weighted by atomic mass is 10.1. The van der Waals surface area contributed by atoms with E-state index in [1.807, 2.05) is 0 Å². The normalized spacial score (nSPS) is 21.1. The number of nitrogens with zero attached hydrogens (tertiary/aromatic N) is 1. The molecule has 0 amide bonds. The van der Waals surface area contributed by atoms with Crippen LogP contribution in [0.15, 0.2) is 24.3 Å². The number of ether oxygens (including phenoxy) is 1. The molecule has 1 saturated heterocycles. The number of benzene rings is 1. The maximum absolute atomic E-state index is 5.65. The molecule has 0 saturated carbocycles. The molecule has 0 bridgehead atoms. The molecule has 1 heterocycles. The van der Waals surface area contributed by atoms with Crippen molar-refractivity contribution in [1.29, 1.82) is 0 Å². The summed E-state index contributed by atoms with van der Waals surface area (Å²) >= 11 is 0. The molecule has 1 fully saturated rings. The highest BCUT2D eigenvalue weighted by atomic mass is 16.5. The molecule has 0 aliphatic carbocycles. The summed E-state index contributed by atoms with van der Waals surface area (Å²) in [5, 5.41) is 0. The summed E-state index contributed by atoms with van der Waals surface area (Å²) in [4.78, 5) is 2.42. The maximum Gasteiger partial charge on any atom is 0.0671 e. The van der Waals surface area contributed by atoms with Gasteiger partial charge in [0.05, 0.1) is 19.3 Å². The first-order valence-corrected chi connectivity index (χ1v) is 5.92. The average Bonchev–Trinajstić information content (AvgIpc) is 2.30. The van der Waals surface area contributed by atoms with E-state index in [9.17, 15) is 0 Å². The van der Waals surface area contributed by atoms with E-state index >= 15 is 0 Å². The van der Waals surface area contributed by atoms with Gasteiger partial charge in [0, 0.05) is 12.2 Å². The van der Waals surface area contributed by atoms with Crippen molar-refractivity contribution in [3.05, 3.63) is 29.8 Å². The lowest BCUT2D eigenvalue weighted by Gasteiger charge is -2.37. The van der Waals surface area contributed by atoms with E-state index in [4.69, 9.17) is 10.5 Å². The van der Waals surface area contributed by atoms with Crippen LogP contribution in [0.5, 0.6) is 0 Å². The molecule has 2 N–H and O–H groups in total. The minimum Gasteiger partial charge on any atom is -0.377 e. The maximum atomic E-state index is 5.65. The Bertz CT molecular complexity index is 338. The number of hydrogen-bond acceptors (Lipinski definition) is 3. The van der Waals surface area contributed by atoms with Crippen molar-refractivity contribution in [2.45, 2.75) is 19.4 Å². The zero-order valence-electron chi connectivity index (χ0n) is 9.86. The van der Waals surface area contributed by atoms with Crippen LogP contribution in [0.4, 0.5) is 5.69 Å². The molecule has 88 valence electrons. The highest BCUT2D eigenvalue weighted by Crippen LogP contribution is 2.21. The largest absolute Gasteiger partial charge is 0.377 e. The number of aryl methyl sites for hydroxylation is 1. The first-order valence-electron chi connectivity index (χ1n) is 5.92. The summed E-state index contributed by atoms with van der Waals surface area (Å²) in [5.74, 6) is 0. The molecule has 1 unspecified atom stereocenters. The second-order valence-corrected chi connectivity index (χ2v) is 4.34. The standard InChI is InChI=1S/C13H20N2O/c1-11-3-2-4-12(9-11)15-7-8-16-10-13(15)5-6-14/h2-4,9,13H,5-8,10,14H2,1H3. The Hall–Kier alpha value is -1.06. The Morgan fingerprint density at radius 2 is 2.38 bits per heavy atom. The number of morpholine rings is 1. The zero-order chi connectivity index (χ0) is 11.4. The third kappa shape index (κ3) is 2.54. The van der Waals surface area contributed by atoms with Crippen LogP contribution in [0, 0.1) is 6.92 Å². The van der Waals surface area contributed by atoms with Crippen LogP contribution in [0.2, 0.25) is 0 Å². The number of hydrogen-bond donors (Lipinski definition) is 1. The fourth-order valence-corrected chi connectivity index (χ4v) is 2.23. The van der Waals surface area contributed by atoms with E-state index in [-0.39, 0.29) is 0 Å². The third-order valence-corrected chi connectivity index (χ3v) is 3.06. The average molecular weight is 220 g/mol. The van der Waals surface area contributed by atoms with Gasteiger partial charge in [0.2, 0.25) is 0 Å². The Morgan fingerprint density at radius 3 is 3.12 bits per heavy atom. The Kier molecular flexibility index (Phi) is 3.80. The fraction of sp³-hybridized carbons (Fsp3) is 0.538. The van der Waals surface area contributed by atoms with E-state index < -0.39 is 0 Å². The van der Waals surface area contributed by atoms with Gasteiger partial charge in [-0.1, -0.05) is 12.1 Å². The summed E-state index contributed by atoms with van der Waals surface area (Å²) in [6, 6.07) is 9.07. The van der Waals surface area contributed by atoms with Gasteiger partial charge in [-0.2, -0.15) is 0 Å². The predicted molar refractivity (Wildman–Crippen MR) is 66.8 cm³/mol. The Morgan fingerprint density at radius 1 is 1.50 bits per heavy atom. The van der Waals surface area contributed by atoms with Gasteiger partial charge in [-0.05, 0) is 37.6 Å². The Labute approximate surface area is 97.2 Å². The van der Waals surface area contributed by atoms with Crippen molar-refractivity contribution in [1.82, 2.24) is 0 Å². The second-order valence-electron chi connectivity index (χ2n) is 4.34. The van der Waals surface area contributed by atoms with Crippen molar-refractivity contribution in [3.63, 3.8) is 0 Å². The molecule has 3 heteroatoms. The van der Waals surface area contributed by atoms with Crippen LogP contribution in [0.1, 0.15) is 12.0 Å². The summed E-state index contributed by atoms with van der Waals surface area (Å²) in [7, 11) is 0. The second kappa shape index (κ2) is 5.32. The Balaban J connectivity index is 2.16. The molecule has 0 spiro atoms. The van der Waals surface area contributed by atoms with E-state index in [0.29, 0.717) is 6.04 Å². The highest BCUT2D eigenvalue weighted by molar-refractivity contribution is 5.49. The van der Waals surface area contributed by atoms with Crippen molar-refractivity contribution >= 4 is 5.69 Å². The molecule has 1 aromatic rings. The molecule has 1 aliphatic rings. The van der Waals surface area contributed by atoms with Crippen molar-refractivity contribution in [3.8, 4) is 0 Å². The van der Waals surface area contributed by atoms with Crippen LogP contribution >= 0.6 is 0 Å². The molecule has 1 atom stereocenters. The summed E-state index contributed by atoms with van der Waals surface area (Å²) in [6.45, 7) is 5.42. The van der Waals surface area contributed by atoms with Crippen LogP contribution in [-0.4, -0.2) is 32.3 Å². The molecule has 0 radical (unpaired) electrons. The van der Waals surface area contributed by atoms with Crippen molar-refractivity contribution in [2.75, 3.05) is 31.2 Å². The van der Waals surface area contributed by atoms with E-state index in [1.165, 1.54) is 11.3 Å². The fourth-order valence-electron chi connectivity index (χ4n) is 2.23. The quantitative estimate of drug-likeness (QED) is 0.840. The first kappa shape index (κ1) is 11.4. The van der Waals surface area contributed by atoms with Gasteiger partial charge in [0.1, 0.15) is 0 Å².